The maximum atomic E-state index is 13.2. The number of ether oxygens (including phenoxy) is 1. The summed E-state index contributed by atoms with van der Waals surface area (Å²) >= 11 is 6.36. The number of hydrogen-bond acceptors (Lipinski definition) is 4. The summed E-state index contributed by atoms with van der Waals surface area (Å²) in [6.07, 6.45) is 2.11. The number of rotatable bonds is 5. The molecule has 0 saturated heterocycles. The number of carbonyl (C=O) groups is 2. The third-order valence-electron chi connectivity index (χ3n) is 5.32. The van der Waals surface area contributed by atoms with Crippen LogP contribution in [0.3, 0.4) is 0 Å². The second-order valence-electron chi connectivity index (χ2n) is 7.39. The number of ketones is 1. The number of carbonyl (C=O) groups excluding carboxylic acids is 2. The largest absolute Gasteiger partial charge is 0.451 e. The predicted octanol–water partition coefficient (Wildman–Crippen LogP) is 4.89. The van der Waals surface area contributed by atoms with Crippen LogP contribution in [0.25, 0.3) is 5.69 Å². The zero-order chi connectivity index (χ0) is 21.4. The van der Waals surface area contributed by atoms with Crippen molar-refractivity contribution in [3.05, 3.63) is 81.4 Å². The monoisotopic (exact) mass is 426 g/mol. The molecule has 0 amide bonds. The minimum Gasteiger partial charge on any atom is -0.451 e. The summed E-state index contributed by atoms with van der Waals surface area (Å²) < 4.78 is 19.9. The number of Topliss-reactive ketones (excluding diaryl/α,β-unsaturated/α-hetero) is 1. The third-order valence-corrected chi connectivity index (χ3v) is 5.66. The van der Waals surface area contributed by atoms with Crippen molar-refractivity contribution >= 4 is 23.4 Å². The molecule has 1 aliphatic carbocycles. The first-order chi connectivity index (χ1) is 14.3. The highest BCUT2D eigenvalue weighted by Crippen LogP contribution is 2.26. The number of fused-ring (bicyclic) bond motifs is 1. The molecular weight excluding hydrogens is 407 g/mol. The van der Waals surface area contributed by atoms with Crippen LogP contribution < -0.4 is 0 Å². The van der Waals surface area contributed by atoms with Gasteiger partial charge in [-0.15, -0.1) is 0 Å². The van der Waals surface area contributed by atoms with Crippen molar-refractivity contribution in [1.82, 2.24) is 9.78 Å². The SMILES string of the molecule is Cc1nn(-c2ccc(F)cc2)c(Cl)c1C(=O)O[C@H](C)C(=O)c1ccc2c(c1)CCC2. The zero-order valence-electron chi connectivity index (χ0n) is 16.6. The van der Waals surface area contributed by atoms with Gasteiger partial charge in [0, 0.05) is 5.56 Å². The fourth-order valence-corrected chi connectivity index (χ4v) is 4.07. The molecule has 5 nitrogen and oxygen atoms in total. The number of benzene rings is 2. The van der Waals surface area contributed by atoms with E-state index in [1.165, 1.54) is 40.1 Å². The minimum absolute atomic E-state index is 0.0429. The van der Waals surface area contributed by atoms with Crippen molar-refractivity contribution in [1.29, 1.82) is 0 Å². The van der Waals surface area contributed by atoms with E-state index < -0.39 is 17.9 Å². The van der Waals surface area contributed by atoms with Crippen LogP contribution in [0.1, 0.15) is 50.9 Å². The summed E-state index contributed by atoms with van der Waals surface area (Å²) in [6.45, 7) is 3.16. The van der Waals surface area contributed by atoms with Crippen molar-refractivity contribution in [2.45, 2.75) is 39.2 Å². The average molecular weight is 427 g/mol. The van der Waals surface area contributed by atoms with Gasteiger partial charge >= 0.3 is 5.97 Å². The molecule has 2 aromatic carbocycles. The van der Waals surface area contributed by atoms with Crippen LogP contribution in [0.4, 0.5) is 4.39 Å². The Balaban J connectivity index is 1.53. The Bertz CT molecular complexity index is 1140. The Labute approximate surface area is 178 Å². The van der Waals surface area contributed by atoms with Crippen molar-refractivity contribution in [3.8, 4) is 5.69 Å². The van der Waals surface area contributed by atoms with E-state index in [0.717, 1.165) is 19.3 Å². The molecule has 0 unspecified atom stereocenters. The molecule has 0 spiro atoms. The molecule has 7 heteroatoms. The lowest BCUT2D eigenvalue weighted by Crippen LogP contribution is -2.25. The van der Waals surface area contributed by atoms with Gasteiger partial charge < -0.3 is 4.74 Å². The molecule has 1 aromatic heterocycles. The molecule has 0 radical (unpaired) electrons. The summed E-state index contributed by atoms with van der Waals surface area (Å²) in [5.41, 5.74) is 3.92. The van der Waals surface area contributed by atoms with E-state index in [4.69, 9.17) is 16.3 Å². The Morgan fingerprint density at radius 2 is 1.83 bits per heavy atom. The van der Waals surface area contributed by atoms with Crippen LogP contribution in [0.5, 0.6) is 0 Å². The van der Waals surface area contributed by atoms with E-state index in [-0.39, 0.29) is 16.5 Å². The topological polar surface area (TPSA) is 61.2 Å². The third kappa shape index (κ3) is 3.75. The highest BCUT2D eigenvalue weighted by molar-refractivity contribution is 6.33. The number of esters is 1. The first kappa shape index (κ1) is 20.3. The molecule has 30 heavy (non-hydrogen) atoms. The molecule has 1 aliphatic rings. The Morgan fingerprint density at radius 1 is 1.13 bits per heavy atom. The van der Waals surface area contributed by atoms with Crippen LogP contribution in [-0.4, -0.2) is 27.6 Å². The lowest BCUT2D eigenvalue weighted by Gasteiger charge is -2.13. The normalized spacial score (nSPS) is 13.7. The Kier molecular flexibility index (Phi) is 5.43. The first-order valence-corrected chi connectivity index (χ1v) is 10.1. The number of aromatic nitrogens is 2. The average Bonchev–Trinajstić information content (AvgIpc) is 3.31. The van der Waals surface area contributed by atoms with Gasteiger partial charge in [0.1, 0.15) is 16.5 Å². The molecule has 1 atom stereocenters. The highest BCUT2D eigenvalue weighted by atomic mass is 35.5. The van der Waals surface area contributed by atoms with Crippen LogP contribution in [0.15, 0.2) is 42.5 Å². The molecule has 0 bridgehead atoms. The fourth-order valence-electron chi connectivity index (χ4n) is 3.72. The van der Waals surface area contributed by atoms with Gasteiger partial charge in [0.05, 0.1) is 11.4 Å². The second-order valence-corrected chi connectivity index (χ2v) is 7.75. The van der Waals surface area contributed by atoms with Crippen LogP contribution in [-0.2, 0) is 17.6 Å². The van der Waals surface area contributed by atoms with Gasteiger partial charge in [0.15, 0.2) is 6.10 Å². The van der Waals surface area contributed by atoms with E-state index in [0.29, 0.717) is 16.9 Å². The summed E-state index contributed by atoms with van der Waals surface area (Å²) in [6, 6.07) is 11.2. The van der Waals surface area contributed by atoms with Crippen molar-refractivity contribution in [3.63, 3.8) is 0 Å². The Morgan fingerprint density at radius 3 is 2.57 bits per heavy atom. The van der Waals surface area contributed by atoms with Gasteiger partial charge in [0.2, 0.25) is 5.78 Å². The first-order valence-electron chi connectivity index (χ1n) is 9.73. The highest BCUT2D eigenvalue weighted by Gasteiger charge is 2.27. The van der Waals surface area contributed by atoms with Gasteiger partial charge in [-0.25, -0.2) is 13.9 Å². The van der Waals surface area contributed by atoms with E-state index in [9.17, 15) is 14.0 Å². The van der Waals surface area contributed by atoms with Crippen molar-refractivity contribution < 1.29 is 18.7 Å². The number of halogens is 2. The quantitative estimate of drug-likeness (QED) is 0.430. The lowest BCUT2D eigenvalue weighted by atomic mass is 10.0. The van der Waals surface area contributed by atoms with Gasteiger partial charge in [-0.1, -0.05) is 23.7 Å². The van der Waals surface area contributed by atoms with Crippen molar-refractivity contribution in [2.75, 3.05) is 0 Å². The minimum atomic E-state index is -0.971. The van der Waals surface area contributed by atoms with E-state index in [1.807, 2.05) is 12.1 Å². The Hall–Kier alpha value is -2.99. The van der Waals surface area contributed by atoms with Gasteiger partial charge in [-0.2, -0.15) is 5.10 Å². The molecule has 4 rings (SSSR count). The zero-order valence-corrected chi connectivity index (χ0v) is 17.4. The second kappa shape index (κ2) is 8.03. The summed E-state index contributed by atoms with van der Waals surface area (Å²) in [5.74, 6) is -1.39. The molecule has 0 aliphatic heterocycles. The van der Waals surface area contributed by atoms with E-state index in [1.54, 1.807) is 19.9 Å². The lowest BCUT2D eigenvalue weighted by molar-refractivity contribution is 0.0318. The predicted molar refractivity (Wildman–Crippen MR) is 111 cm³/mol. The van der Waals surface area contributed by atoms with Gasteiger partial charge in [0.25, 0.3) is 0 Å². The molecule has 154 valence electrons. The number of aryl methyl sites for hydroxylation is 3. The van der Waals surface area contributed by atoms with E-state index in [2.05, 4.69) is 5.10 Å². The summed E-state index contributed by atoms with van der Waals surface area (Å²) in [4.78, 5) is 25.5. The standard InChI is InChI=1S/C23H20ClFN2O3/c1-13-20(22(24)27(26-13)19-10-8-18(25)9-11-19)23(29)30-14(2)21(28)17-7-6-15-4-3-5-16(15)12-17/h6-12,14H,3-5H2,1-2H3/t14-/m1/s1. The van der Waals surface area contributed by atoms with Crippen LogP contribution in [0, 0.1) is 12.7 Å². The van der Waals surface area contributed by atoms with Gasteiger partial charge in [-0.05, 0) is 74.6 Å². The smallest absolute Gasteiger partial charge is 0.343 e. The molecule has 3 aromatic rings. The fraction of sp³-hybridized carbons (Fsp3) is 0.261. The van der Waals surface area contributed by atoms with Crippen LogP contribution >= 0.6 is 11.6 Å². The molecule has 0 fully saturated rings. The molecule has 0 N–H and O–H groups in total. The van der Waals surface area contributed by atoms with Crippen LogP contribution in [0.2, 0.25) is 5.15 Å². The molecular formula is C23H20ClFN2O3. The number of hydrogen-bond donors (Lipinski definition) is 0. The van der Waals surface area contributed by atoms with Crippen molar-refractivity contribution in [2.24, 2.45) is 0 Å². The van der Waals surface area contributed by atoms with Gasteiger partial charge in [-0.3, -0.25) is 4.79 Å². The summed E-state index contributed by atoms with van der Waals surface area (Å²) in [7, 11) is 0. The number of nitrogens with zero attached hydrogens (tertiary/aromatic N) is 2. The summed E-state index contributed by atoms with van der Waals surface area (Å²) in [5, 5.41) is 4.30. The molecule has 0 saturated carbocycles. The van der Waals surface area contributed by atoms with E-state index >= 15 is 0 Å². The molecule has 1 heterocycles. The maximum Gasteiger partial charge on any atom is 0.343 e. The maximum absolute atomic E-state index is 13.2.